The van der Waals surface area contributed by atoms with E-state index >= 15 is 0 Å². The fourth-order valence-corrected chi connectivity index (χ4v) is 1.33. The van der Waals surface area contributed by atoms with Gasteiger partial charge >= 0.3 is 0 Å². The highest BCUT2D eigenvalue weighted by Gasteiger charge is 1.96. The van der Waals surface area contributed by atoms with Gasteiger partial charge in [0.15, 0.2) is 0 Å². The fourth-order valence-electron chi connectivity index (χ4n) is 1.33. The topological polar surface area (TPSA) is 40.5 Å². The van der Waals surface area contributed by atoms with Crippen molar-refractivity contribution < 1.29 is 10.2 Å². The summed E-state index contributed by atoms with van der Waals surface area (Å²) < 4.78 is 0. The van der Waals surface area contributed by atoms with E-state index < -0.39 is 0 Å². The molecule has 0 heterocycles. The molecule has 1 aromatic rings. The van der Waals surface area contributed by atoms with Crippen molar-refractivity contribution in [2.75, 3.05) is 13.2 Å². The molecular weight excluding hydrogens is 176 g/mol. The largest absolute Gasteiger partial charge is 0.396 e. The smallest absolute Gasteiger partial charge is 0.0471 e. The van der Waals surface area contributed by atoms with Gasteiger partial charge in [-0.25, -0.2) is 0 Å². The number of aliphatic hydroxyl groups excluding tert-OH is 2. The molecule has 0 aliphatic rings. The minimum absolute atomic E-state index is 0.171. The molecule has 1 aromatic carbocycles. The number of benzene rings is 1. The zero-order chi connectivity index (χ0) is 10.2. The van der Waals surface area contributed by atoms with E-state index in [0.29, 0.717) is 12.8 Å². The summed E-state index contributed by atoms with van der Waals surface area (Å²) in [7, 11) is 0. The van der Waals surface area contributed by atoms with Gasteiger partial charge in [0, 0.05) is 13.2 Å². The number of hydrogen-bond donors (Lipinski definition) is 2. The molecule has 1 rings (SSSR count). The Labute approximate surface area is 84.5 Å². The molecule has 0 aliphatic carbocycles. The molecule has 2 heteroatoms. The first-order valence-electron chi connectivity index (χ1n) is 4.84. The third-order valence-corrected chi connectivity index (χ3v) is 2.03. The molecule has 2 N–H and O–H groups in total. The van der Waals surface area contributed by atoms with Gasteiger partial charge in [-0.15, -0.1) is 0 Å². The average molecular weight is 192 g/mol. The van der Waals surface area contributed by atoms with E-state index in [1.165, 1.54) is 0 Å². The van der Waals surface area contributed by atoms with Gasteiger partial charge in [0.1, 0.15) is 0 Å². The van der Waals surface area contributed by atoms with Crippen molar-refractivity contribution in [1.82, 2.24) is 0 Å². The molecule has 0 saturated heterocycles. The van der Waals surface area contributed by atoms with E-state index in [-0.39, 0.29) is 13.2 Å². The third-order valence-electron chi connectivity index (χ3n) is 2.03. The Hall–Kier alpha value is -1.12. The molecule has 0 atom stereocenters. The maximum atomic E-state index is 8.85. The number of aliphatic hydroxyl groups is 2. The molecule has 0 amide bonds. The molecular formula is C12H16O2. The van der Waals surface area contributed by atoms with Crippen LogP contribution in [0.15, 0.2) is 30.3 Å². The van der Waals surface area contributed by atoms with E-state index in [0.717, 1.165) is 11.1 Å². The minimum Gasteiger partial charge on any atom is -0.396 e. The molecule has 0 aromatic heterocycles. The summed E-state index contributed by atoms with van der Waals surface area (Å²) in [6.45, 7) is 0.351. The monoisotopic (exact) mass is 192 g/mol. The van der Waals surface area contributed by atoms with E-state index in [1.807, 2.05) is 36.4 Å². The lowest BCUT2D eigenvalue weighted by molar-refractivity contribution is 0.299. The van der Waals surface area contributed by atoms with Crippen LogP contribution >= 0.6 is 0 Å². The molecule has 14 heavy (non-hydrogen) atoms. The molecule has 0 saturated carbocycles. The SMILES string of the molecule is OCCC=Cc1ccccc1CCO. The highest BCUT2D eigenvalue weighted by atomic mass is 16.3. The van der Waals surface area contributed by atoms with Crippen molar-refractivity contribution in [2.24, 2.45) is 0 Å². The van der Waals surface area contributed by atoms with Gasteiger partial charge in [-0.1, -0.05) is 36.4 Å². The van der Waals surface area contributed by atoms with E-state index in [9.17, 15) is 0 Å². The average Bonchev–Trinajstić information content (AvgIpc) is 2.21. The molecule has 0 radical (unpaired) electrons. The first-order valence-corrected chi connectivity index (χ1v) is 4.84. The molecule has 76 valence electrons. The van der Waals surface area contributed by atoms with Gasteiger partial charge in [0.05, 0.1) is 0 Å². The van der Waals surface area contributed by atoms with Crippen molar-refractivity contribution in [3.63, 3.8) is 0 Å². The van der Waals surface area contributed by atoms with Crippen molar-refractivity contribution in [3.8, 4) is 0 Å². The predicted octanol–water partition coefficient (Wildman–Crippen LogP) is 1.62. The summed E-state index contributed by atoms with van der Waals surface area (Å²) in [4.78, 5) is 0. The first kappa shape index (κ1) is 11.0. The van der Waals surface area contributed by atoms with Crippen molar-refractivity contribution >= 4 is 6.08 Å². The van der Waals surface area contributed by atoms with Gasteiger partial charge in [-0.05, 0) is 24.0 Å². The van der Waals surface area contributed by atoms with Gasteiger partial charge in [0.25, 0.3) is 0 Å². The highest BCUT2D eigenvalue weighted by Crippen LogP contribution is 2.11. The van der Waals surface area contributed by atoms with Crippen LogP contribution in [-0.2, 0) is 6.42 Å². The fraction of sp³-hybridized carbons (Fsp3) is 0.333. The summed E-state index contributed by atoms with van der Waals surface area (Å²) in [6.07, 6.45) is 5.28. The van der Waals surface area contributed by atoms with Crippen LogP contribution in [0.1, 0.15) is 17.5 Å². The summed E-state index contributed by atoms with van der Waals surface area (Å²) in [5.74, 6) is 0. The molecule has 2 nitrogen and oxygen atoms in total. The number of hydrogen-bond acceptors (Lipinski definition) is 2. The Morgan fingerprint density at radius 3 is 2.57 bits per heavy atom. The summed E-state index contributed by atoms with van der Waals surface area (Å²) in [6, 6.07) is 7.96. The Morgan fingerprint density at radius 2 is 1.86 bits per heavy atom. The van der Waals surface area contributed by atoms with Crippen LogP contribution < -0.4 is 0 Å². The van der Waals surface area contributed by atoms with Crippen LogP contribution in [0.2, 0.25) is 0 Å². The first-order chi connectivity index (χ1) is 6.88. The molecule has 0 bridgehead atoms. The van der Waals surface area contributed by atoms with Crippen LogP contribution in [0.25, 0.3) is 6.08 Å². The summed E-state index contributed by atoms with van der Waals surface area (Å²) in [5, 5.41) is 17.5. The minimum atomic E-state index is 0.171. The zero-order valence-corrected chi connectivity index (χ0v) is 8.19. The van der Waals surface area contributed by atoms with Crippen LogP contribution in [0.4, 0.5) is 0 Å². The molecule has 0 unspecified atom stereocenters. The van der Waals surface area contributed by atoms with Gasteiger partial charge < -0.3 is 10.2 Å². The van der Waals surface area contributed by atoms with Crippen LogP contribution in [0, 0.1) is 0 Å². The summed E-state index contributed by atoms with van der Waals surface area (Å²) in [5.41, 5.74) is 2.26. The van der Waals surface area contributed by atoms with E-state index in [4.69, 9.17) is 10.2 Å². The second kappa shape index (κ2) is 6.35. The third kappa shape index (κ3) is 3.32. The molecule has 0 fully saturated rings. The lowest BCUT2D eigenvalue weighted by Gasteiger charge is -2.02. The lowest BCUT2D eigenvalue weighted by Crippen LogP contribution is -1.93. The van der Waals surface area contributed by atoms with Gasteiger partial charge in [-0.2, -0.15) is 0 Å². The normalized spacial score (nSPS) is 11.0. The van der Waals surface area contributed by atoms with E-state index in [2.05, 4.69) is 0 Å². The second-order valence-electron chi connectivity index (χ2n) is 3.09. The van der Waals surface area contributed by atoms with Crippen LogP contribution in [-0.4, -0.2) is 23.4 Å². The Morgan fingerprint density at radius 1 is 1.07 bits per heavy atom. The summed E-state index contributed by atoms with van der Waals surface area (Å²) >= 11 is 0. The Bertz CT molecular complexity index is 292. The van der Waals surface area contributed by atoms with Gasteiger partial charge in [0.2, 0.25) is 0 Å². The Kier molecular flexibility index (Phi) is 4.97. The molecule has 0 aliphatic heterocycles. The number of rotatable bonds is 5. The lowest BCUT2D eigenvalue weighted by atomic mass is 10.0. The highest BCUT2D eigenvalue weighted by molar-refractivity contribution is 5.53. The van der Waals surface area contributed by atoms with Crippen molar-refractivity contribution in [2.45, 2.75) is 12.8 Å². The predicted molar refractivity (Wildman–Crippen MR) is 58.0 cm³/mol. The second-order valence-corrected chi connectivity index (χ2v) is 3.09. The molecule has 0 spiro atoms. The van der Waals surface area contributed by atoms with Crippen molar-refractivity contribution in [1.29, 1.82) is 0 Å². The van der Waals surface area contributed by atoms with Crippen LogP contribution in [0.3, 0.4) is 0 Å². The standard InChI is InChI=1S/C12H16O2/c13-9-4-3-7-11-5-1-2-6-12(11)8-10-14/h1-3,5-7,13-14H,4,8-10H2. The van der Waals surface area contributed by atoms with E-state index in [1.54, 1.807) is 0 Å². The quantitative estimate of drug-likeness (QED) is 0.744. The van der Waals surface area contributed by atoms with Crippen molar-refractivity contribution in [3.05, 3.63) is 41.5 Å². The maximum Gasteiger partial charge on any atom is 0.0471 e. The zero-order valence-electron chi connectivity index (χ0n) is 8.19. The Balaban J connectivity index is 2.73. The van der Waals surface area contributed by atoms with Crippen LogP contribution in [0.5, 0.6) is 0 Å². The van der Waals surface area contributed by atoms with Gasteiger partial charge in [-0.3, -0.25) is 0 Å². The maximum absolute atomic E-state index is 8.85.